The normalized spacial score (nSPS) is 15.7. The first-order chi connectivity index (χ1) is 15.3. The Morgan fingerprint density at radius 2 is 1.75 bits per heavy atom. The summed E-state index contributed by atoms with van der Waals surface area (Å²) < 4.78 is 5.14. The molecule has 2 aromatic rings. The molecule has 1 aliphatic heterocycles. The molecule has 0 bridgehead atoms. The highest BCUT2D eigenvalue weighted by atomic mass is 35.5. The molecule has 1 atom stereocenters. The summed E-state index contributed by atoms with van der Waals surface area (Å²) in [6.45, 7) is 0.170. The highest BCUT2D eigenvalue weighted by molar-refractivity contribution is 6.30. The van der Waals surface area contributed by atoms with E-state index in [1.807, 2.05) is 12.1 Å². The van der Waals surface area contributed by atoms with Gasteiger partial charge in [0.15, 0.2) is 0 Å². The molecule has 0 aliphatic carbocycles. The molecule has 0 saturated carbocycles. The molecule has 1 saturated heterocycles. The summed E-state index contributed by atoms with van der Waals surface area (Å²) in [5.74, 6) is -1.84. The van der Waals surface area contributed by atoms with Gasteiger partial charge in [-0.1, -0.05) is 23.7 Å². The lowest BCUT2D eigenvalue weighted by Crippen LogP contribution is -2.46. The molecule has 3 rings (SSSR count). The van der Waals surface area contributed by atoms with Gasteiger partial charge in [0, 0.05) is 18.0 Å². The minimum atomic E-state index is -1.11. The number of methoxy groups -OCH3 is 1. The van der Waals surface area contributed by atoms with Crippen LogP contribution in [0.3, 0.4) is 0 Å². The first-order valence-electron chi connectivity index (χ1n) is 10.1. The molecule has 32 heavy (non-hydrogen) atoms. The standard InChI is InChI=1S/C23H23ClN2O6/c1-32-18-8-2-15(3-9-18)12-13-25(20(27)10-11-22(29)30)19-14-21(28)26(23(19)31)17-6-4-16(24)5-7-17/h2-9,19H,10-14H2,1H3,(H,29,30)/t19-/m0/s1. The molecule has 3 amide bonds. The van der Waals surface area contributed by atoms with E-state index in [1.54, 1.807) is 43.5 Å². The van der Waals surface area contributed by atoms with Crippen LogP contribution in [0.25, 0.3) is 0 Å². The van der Waals surface area contributed by atoms with Crippen molar-refractivity contribution in [3.8, 4) is 5.75 Å². The molecular formula is C23H23ClN2O6. The zero-order chi connectivity index (χ0) is 23.3. The third-order valence-electron chi connectivity index (χ3n) is 5.26. The van der Waals surface area contributed by atoms with E-state index in [-0.39, 0.29) is 25.8 Å². The SMILES string of the molecule is COc1ccc(CCN(C(=O)CCC(=O)O)[C@H]2CC(=O)N(c3ccc(Cl)cc3)C2=O)cc1. The maximum absolute atomic E-state index is 13.1. The summed E-state index contributed by atoms with van der Waals surface area (Å²) in [6, 6.07) is 12.6. The molecule has 2 aromatic carbocycles. The Morgan fingerprint density at radius 3 is 2.34 bits per heavy atom. The minimum Gasteiger partial charge on any atom is -0.497 e. The summed E-state index contributed by atoms with van der Waals surface area (Å²) in [7, 11) is 1.56. The van der Waals surface area contributed by atoms with Crippen LogP contribution in [-0.2, 0) is 25.6 Å². The topological polar surface area (TPSA) is 104 Å². The van der Waals surface area contributed by atoms with Crippen molar-refractivity contribution in [2.24, 2.45) is 0 Å². The molecule has 1 aliphatic rings. The van der Waals surface area contributed by atoms with Crippen LogP contribution in [0, 0.1) is 0 Å². The van der Waals surface area contributed by atoms with Crippen molar-refractivity contribution in [1.82, 2.24) is 4.90 Å². The second-order valence-electron chi connectivity index (χ2n) is 7.34. The van der Waals surface area contributed by atoms with Crippen LogP contribution in [-0.4, -0.2) is 53.4 Å². The van der Waals surface area contributed by atoms with Crippen LogP contribution in [0.4, 0.5) is 5.69 Å². The number of halogens is 1. The van der Waals surface area contributed by atoms with Gasteiger partial charge in [-0.2, -0.15) is 0 Å². The van der Waals surface area contributed by atoms with E-state index in [2.05, 4.69) is 0 Å². The summed E-state index contributed by atoms with van der Waals surface area (Å²) in [4.78, 5) is 51.9. The fourth-order valence-electron chi connectivity index (χ4n) is 3.57. The number of nitrogens with zero attached hydrogens (tertiary/aromatic N) is 2. The number of carboxylic acids is 1. The lowest BCUT2D eigenvalue weighted by molar-refractivity contribution is -0.143. The second-order valence-corrected chi connectivity index (χ2v) is 7.78. The number of amides is 3. The van der Waals surface area contributed by atoms with E-state index < -0.39 is 29.7 Å². The molecule has 0 spiro atoms. The number of hydrogen-bond acceptors (Lipinski definition) is 5. The molecule has 0 radical (unpaired) electrons. The maximum atomic E-state index is 13.1. The van der Waals surface area contributed by atoms with Gasteiger partial charge in [0.25, 0.3) is 5.91 Å². The number of aliphatic carboxylic acids is 1. The lowest BCUT2D eigenvalue weighted by atomic mass is 10.1. The van der Waals surface area contributed by atoms with Crippen LogP contribution in [0.1, 0.15) is 24.8 Å². The van der Waals surface area contributed by atoms with Crippen LogP contribution in [0.15, 0.2) is 48.5 Å². The quantitative estimate of drug-likeness (QED) is 0.579. The average molecular weight is 459 g/mol. The predicted octanol–water partition coefficient (Wildman–Crippen LogP) is 2.92. The van der Waals surface area contributed by atoms with Crippen LogP contribution in [0.2, 0.25) is 5.02 Å². The summed E-state index contributed by atoms with van der Waals surface area (Å²) in [6.07, 6.45) is -0.338. The molecule has 8 nitrogen and oxygen atoms in total. The number of benzene rings is 2. The van der Waals surface area contributed by atoms with E-state index in [1.165, 1.54) is 4.90 Å². The lowest BCUT2D eigenvalue weighted by Gasteiger charge is -2.27. The maximum Gasteiger partial charge on any atom is 0.303 e. The van der Waals surface area contributed by atoms with E-state index in [9.17, 15) is 19.2 Å². The number of carbonyl (C=O) groups excluding carboxylic acids is 3. The van der Waals surface area contributed by atoms with Crippen molar-refractivity contribution in [3.05, 3.63) is 59.1 Å². The minimum absolute atomic E-state index is 0.164. The van der Waals surface area contributed by atoms with Gasteiger partial charge in [-0.3, -0.25) is 19.2 Å². The number of carboxylic acid groups (broad SMARTS) is 1. The molecule has 0 aromatic heterocycles. The van der Waals surface area contributed by atoms with E-state index in [0.717, 1.165) is 10.5 Å². The molecular weight excluding hydrogens is 436 g/mol. The number of rotatable bonds is 9. The highest BCUT2D eigenvalue weighted by Crippen LogP contribution is 2.27. The summed E-state index contributed by atoms with van der Waals surface area (Å²) >= 11 is 5.89. The van der Waals surface area contributed by atoms with Gasteiger partial charge in [0.2, 0.25) is 11.8 Å². The van der Waals surface area contributed by atoms with Gasteiger partial charge in [0.05, 0.1) is 25.6 Å². The number of imide groups is 1. The Labute approximate surface area is 190 Å². The van der Waals surface area contributed by atoms with Crippen molar-refractivity contribution in [3.63, 3.8) is 0 Å². The highest BCUT2D eigenvalue weighted by Gasteiger charge is 2.44. The third-order valence-corrected chi connectivity index (χ3v) is 5.51. The predicted molar refractivity (Wildman–Crippen MR) is 118 cm³/mol. The van der Waals surface area contributed by atoms with Gasteiger partial charge < -0.3 is 14.7 Å². The summed E-state index contributed by atoms with van der Waals surface area (Å²) in [5.41, 5.74) is 1.29. The zero-order valence-electron chi connectivity index (χ0n) is 17.5. The second kappa shape index (κ2) is 10.3. The Bertz CT molecular complexity index is 1010. The van der Waals surface area contributed by atoms with Gasteiger partial charge in [-0.05, 0) is 48.4 Å². The third kappa shape index (κ3) is 5.45. The van der Waals surface area contributed by atoms with Crippen molar-refractivity contribution < 1.29 is 29.0 Å². The van der Waals surface area contributed by atoms with E-state index in [4.69, 9.17) is 21.4 Å². The molecule has 0 unspecified atom stereocenters. The molecule has 9 heteroatoms. The smallest absolute Gasteiger partial charge is 0.303 e. The first kappa shape index (κ1) is 23.3. The number of anilines is 1. The Balaban J connectivity index is 1.80. The first-order valence-corrected chi connectivity index (χ1v) is 10.4. The number of hydrogen-bond donors (Lipinski definition) is 1. The van der Waals surface area contributed by atoms with Crippen molar-refractivity contribution in [1.29, 1.82) is 0 Å². The average Bonchev–Trinajstić information content (AvgIpc) is 3.07. The van der Waals surface area contributed by atoms with Crippen molar-refractivity contribution in [2.45, 2.75) is 31.7 Å². The van der Waals surface area contributed by atoms with Crippen LogP contribution >= 0.6 is 11.6 Å². The monoisotopic (exact) mass is 458 g/mol. The van der Waals surface area contributed by atoms with Crippen LogP contribution < -0.4 is 9.64 Å². The fourth-order valence-corrected chi connectivity index (χ4v) is 3.70. The van der Waals surface area contributed by atoms with Gasteiger partial charge in [0.1, 0.15) is 11.8 Å². The molecule has 1 heterocycles. The van der Waals surface area contributed by atoms with Crippen molar-refractivity contribution >= 4 is 41.0 Å². The Kier molecular flexibility index (Phi) is 7.48. The summed E-state index contributed by atoms with van der Waals surface area (Å²) in [5, 5.41) is 9.42. The number of ether oxygens (including phenoxy) is 1. The molecule has 1 N–H and O–H groups in total. The molecule has 168 valence electrons. The zero-order valence-corrected chi connectivity index (χ0v) is 18.2. The van der Waals surface area contributed by atoms with E-state index >= 15 is 0 Å². The molecule has 1 fully saturated rings. The Hall–Kier alpha value is -3.39. The Morgan fingerprint density at radius 1 is 1.09 bits per heavy atom. The van der Waals surface area contributed by atoms with Gasteiger partial charge >= 0.3 is 5.97 Å². The largest absolute Gasteiger partial charge is 0.497 e. The van der Waals surface area contributed by atoms with E-state index in [0.29, 0.717) is 22.9 Å². The van der Waals surface area contributed by atoms with Crippen molar-refractivity contribution in [2.75, 3.05) is 18.6 Å². The number of carbonyl (C=O) groups is 4. The van der Waals surface area contributed by atoms with Gasteiger partial charge in [-0.15, -0.1) is 0 Å². The van der Waals surface area contributed by atoms with Gasteiger partial charge in [-0.25, -0.2) is 4.90 Å². The van der Waals surface area contributed by atoms with Crippen LogP contribution in [0.5, 0.6) is 5.75 Å². The fraction of sp³-hybridized carbons (Fsp3) is 0.304.